The first-order valence-corrected chi connectivity index (χ1v) is 23.9. The molecule has 6 atom stereocenters. The SMILES string of the molecule is C=C1N(C(=O)C2=C(c3ccc4ccccc4n3)[C@@H]2C)[C@@]12C(=O)N1CCC[C@H](N1)C(O)OCC(C)(C)Cc1c(-c3cccnc3[C@H](C)OC)n(CC)c3ccc(cc13)-c1csc(n1)[C@H]2OCC. The maximum absolute atomic E-state index is 15.4. The Morgan fingerprint density at radius 1 is 1.09 bits per heavy atom. The second-order valence-corrected chi connectivity index (χ2v) is 19.6. The third-order valence-electron chi connectivity index (χ3n) is 13.9. The molecule has 2 saturated heterocycles. The van der Waals surface area contributed by atoms with Crippen LogP contribution in [0.4, 0.5) is 0 Å². The van der Waals surface area contributed by atoms with Crippen LogP contribution < -0.4 is 5.43 Å². The summed E-state index contributed by atoms with van der Waals surface area (Å²) in [4.78, 5) is 46.9. The molecule has 0 radical (unpaired) electrons. The first-order chi connectivity index (χ1) is 31.8. The van der Waals surface area contributed by atoms with Gasteiger partial charge in [-0.05, 0) is 93.0 Å². The molecule has 6 aromatic rings. The van der Waals surface area contributed by atoms with E-state index in [1.807, 2.05) is 74.8 Å². The van der Waals surface area contributed by atoms with Gasteiger partial charge in [-0.1, -0.05) is 57.7 Å². The highest BCUT2D eigenvalue weighted by molar-refractivity contribution is 7.10. The van der Waals surface area contributed by atoms with Crippen molar-refractivity contribution in [2.24, 2.45) is 11.3 Å². The van der Waals surface area contributed by atoms with E-state index in [2.05, 4.69) is 61.6 Å². The topological polar surface area (TPSA) is 144 Å². The predicted molar refractivity (Wildman–Crippen MR) is 256 cm³/mol. The molecule has 2 amide bonds. The first-order valence-electron chi connectivity index (χ1n) is 23.0. The van der Waals surface area contributed by atoms with Crippen molar-refractivity contribution in [1.82, 2.24) is 34.9 Å². The van der Waals surface area contributed by atoms with Gasteiger partial charge in [-0.15, -0.1) is 11.3 Å². The third-order valence-corrected chi connectivity index (χ3v) is 14.8. The number of hydrogen-bond acceptors (Lipinski definition) is 11. The summed E-state index contributed by atoms with van der Waals surface area (Å²) in [6, 6.07) is 21.8. The first kappa shape index (κ1) is 44.2. The Balaban J connectivity index is 1.11. The van der Waals surface area contributed by atoms with Crippen molar-refractivity contribution in [2.45, 2.75) is 97.4 Å². The number of hydrogen-bond donors (Lipinski definition) is 2. The molecule has 2 N–H and O–H groups in total. The molecule has 342 valence electrons. The quantitative estimate of drug-likeness (QED) is 0.142. The van der Waals surface area contributed by atoms with Gasteiger partial charge >= 0.3 is 0 Å². The normalized spacial score (nSPS) is 24.6. The lowest BCUT2D eigenvalue weighted by atomic mass is 9.84. The van der Waals surface area contributed by atoms with Gasteiger partial charge in [0.1, 0.15) is 11.1 Å². The Labute approximate surface area is 389 Å². The third kappa shape index (κ3) is 7.20. The number of carbonyl (C=O) groups is 2. The number of hydrazine groups is 1. The van der Waals surface area contributed by atoms with E-state index >= 15 is 4.79 Å². The van der Waals surface area contributed by atoms with Gasteiger partial charge in [0, 0.05) is 77.3 Å². The number of ether oxygens (including phenoxy) is 3. The number of aliphatic hydroxyl groups excluding tert-OH is 1. The van der Waals surface area contributed by atoms with Crippen LogP contribution in [-0.4, -0.2) is 91.1 Å². The average molecular weight is 908 g/mol. The van der Waals surface area contributed by atoms with Crippen LogP contribution in [0, 0.1) is 11.3 Å². The number of nitrogens with one attached hydrogen (secondary N) is 1. The van der Waals surface area contributed by atoms with Crippen LogP contribution in [0.15, 0.2) is 96.2 Å². The molecule has 7 heterocycles. The van der Waals surface area contributed by atoms with E-state index in [4.69, 9.17) is 29.2 Å². The van der Waals surface area contributed by atoms with E-state index in [9.17, 15) is 9.90 Å². The van der Waals surface area contributed by atoms with Crippen molar-refractivity contribution in [3.05, 3.63) is 118 Å². The number of nitrogens with zero attached hydrogens (tertiary/aromatic N) is 6. The number of benzene rings is 2. The molecule has 1 spiro atoms. The van der Waals surface area contributed by atoms with Crippen LogP contribution in [0.25, 0.3) is 49.9 Å². The van der Waals surface area contributed by atoms with Crippen LogP contribution in [0.3, 0.4) is 0 Å². The number of aliphatic hydroxyl groups is 1. The van der Waals surface area contributed by atoms with Gasteiger partial charge < -0.3 is 23.9 Å². The largest absolute Gasteiger partial charge is 0.375 e. The number of aromatic nitrogens is 4. The minimum atomic E-state index is -1.63. The monoisotopic (exact) mass is 907 g/mol. The number of rotatable bonds is 8. The van der Waals surface area contributed by atoms with Gasteiger partial charge in [-0.25, -0.2) is 15.4 Å². The Bertz CT molecular complexity index is 2960. The van der Waals surface area contributed by atoms with E-state index in [0.717, 1.165) is 66.8 Å². The molecule has 13 nitrogen and oxygen atoms in total. The number of pyridine rings is 2. The molecule has 10 rings (SSSR count). The van der Waals surface area contributed by atoms with Crippen molar-refractivity contribution in [3.63, 3.8) is 0 Å². The highest BCUT2D eigenvalue weighted by atomic mass is 32.1. The summed E-state index contributed by atoms with van der Waals surface area (Å²) in [6.45, 7) is 18.3. The van der Waals surface area contributed by atoms with Crippen molar-refractivity contribution in [2.75, 3.05) is 26.9 Å². The fourth-order valence-electron chi connectivity index (χ4n) is 10.4. The van der Waals surface area contributed by atoms with E-state index < -0.39 is 35.3 Å². The Hall–Kier alpha value is -5.61. The Kier molecular flexibility index (Phi) is 11.3. The number of para-hydroxylation sites is 1. The van der Waals surface area contributed by atoms with Gasteiger partial charge in [-0.2, -0.15) is 0 Å². The summed E-state index contributed by atoms with van der Waals surface area (Å²) < 4.78 is 21.2. The molecular weight excluding hydrogens is 851 g/mol. The van der Waals surface area contributed by atoms with Crippen LogP contribution in [0.5, 0.6) is 0 Å². The zero-order valence-electron chi connectivity index (χ0n) is 38.6. The van der Waals surface area contributed by atoms with Crippen LogP contribution in [0.1, 0.15) is 88.6 Å². The lowest BCUT2D eigenvalue weighted by Gasteiger charge is -2.39. The van der Waals surface area contributed by atoms with Gasteiger partial charge in [0.05, 0.1) is 52.7 Å². The minimum Gasteiger partial charge on any atom is -0.375 e. The van der Waals surface area contributed by atoms with Crippen molar-refractivity contribution in [1.29, 1.82) is 0 Å². The molecule has 14 heteroatoms. The number of allylic oxidation sites excluding steroid dienone is 1. The van der Waals surface area contributed by atoms with Gasteiger partial charge in [0.2, 0.25) is 5.54 Å². The molecule has 0 saturated carbocycles. The lowest BCUT2D eigenvalue weighted by Crippen LogP contribution is -2.61. The maximum Gasteiger partial charge on any atom is 0.272 e. The average Bonchev–Trinajstić information content (AvgIpc) is 4.01. The second kappa shape index (κ2) is 16.9. The molecule has 3 aliphatic heterocycles. The fraction of sp³-hybridized carbons (Fsp3) is 0.404. The number of thiazole rings is 1. The number of carbonyl (C=O) groups excluding carboxylic acids is 2. The molecule has 2 aromatic carbocycles. The van der Waals surface area contributed by atoms with Crippen molar-refractivity contribution < 1.29 is 28.9 Å². The van der Waals surface area contributed by atoms with E-state index in [1.165, 1.54) is 21.2 Å². The van der Waals surface area contributed by atoms with Crippen molar-refractivity contribution >= 4 is 50.5 Å². The van der Waals surface area contributed by atoms with Gasteiger partial charge in [0.25, 0.3) is 11.8 Å². The van der Waals surface area contributed by atoms with Gasteiger partial charge in [0.15, 0.2) is 6.29 Å². The summed E-state index contributed by atoms with van der Waals surface area (Å²) in [5.41, 5.74) is 11.3. The summed E-state index contributed by atoms with van der Waals surface area (Å²) in [5.74, 6) is -0.877. The second-order valence-electron chi connectivity index (χ2n) is 18.7. The molecule has 1 aliphatic carbocycles. The summed E-state index contributed by atoms with van der Waals surface area (Å²) in [5, 5.41) is 17.9. The zero-order valence-corrected chi connectivity index (χ0v) is 39.4. The van der Waals surface area contributed by atoms with E-state index in [1.54, 1.807) is 7.11 Å². The zero-order chi connectivity index (χ0) is 46.2. The van der Waals surface area contributed by atoms with E-state index in [-0.39, 0.29) is 31.1 Å². The number of fused-ring (bicyclic) bond motifs is 7. The standard InChI is InChI=1S/C52H57N7O6S/c1-9-57-41-22-20-33-25-35(41)36(45(57)34-16-13-23-53-44(34)30(4)63-8)26-51(6,7)28-65-49(61)39-18-14-24-58(56-39)50(62)52(46(64-10-2)47-55-40(33)27-66-47)31(5)59(52)48(60)43-29(3)42(43)38-21-19-32-15-11-12-17-37(32)54-38/h11-13,15-17,19-23,25,27,29-30,39,46,49,56,61H,5,9-10,14,18,24,26,28H2,1-4,6-8H3/t29-,30-,39-,46+,49?,52-,59?/m0/s1. The van der Waals surface area contributed by atoms with Gasteiger partial charge in [-0.3, -0.25) is 24.5 Å². The lowest BCUT2D eigenvalue weighted by molar-refractivity contribution is -0.167. The highest BCUT2D eigenvalue weighted by Gasteiger charge is 2.73. The molecule has 66 heavy (non-hydrogen) atoms. The molecular formula is C52H57N7O6S. The summed E-state index contributed by atoms with van der Waals surface area (Å²) >= 11 is 1.40. The van der Waals surface area contributed by atoms with Crippen LogP contribution in [0.2, 0.25) is 0 Å². The molecule has 1 unspecified atom stereocenters. The summed E-state index contributed by atoms with van der Waals surface area (Å²) in [7, 11) is 1.70. The minimum absolute atomic E-state index is 0.173. The molecule has 6 bridgehead atoms. The summed E-state index contributed by atoms with van der Waals surface area (Å²) in [6.07, 6.45) is 1.13. The Morgan fingerprint density at radius 3 is 2.70 bits per heavy atom. The van der Waals surface area contributed by atoms with Crippen LogP contribution >= 0.6 is 11.3 Å². The van der Waals surface area contributed by atoms with Crippen LogP contribution in [-0.2, 0) is 36.8 Å². The molecule has 2 fully saturated rings. The number of aryl methyl sites for hydroxylation is 1. The number of methoxy groups -OCH3 is 1. The fourth-order valence-corrected chi connectivity index (χ4v) is 11.3. The number of amides is 2. The smallest absolute Gasteiger partial charge is 0.272 e. The Morgan fingerprint density at radius 2 is 1.91 bits per heavy atom. The van der Waals surface area contributed by atoms with Crippen molar-refractivity contribution in [3.8, 4) is 22.5 Å². The van der Waals surface area contributed by atoms with E-state index in [0.29, 0.717) is 48.6 Å². The maximum atomic E-state index is 15.4. The predicted octanol–water partition coefficient (Wildman–Crippen LogP) is 8.79. The molecule has 4 aromatic heterocycles. The highest BCUT2D eigenvalue weighted by Crippen LogP contribution is 2.60. The molecule has 4 aliphatic rings.